The molecule has 6 atom stereocenters. The molecule has 2 aliphatic rings. The van der Waals surface area contributed by atoms with E-state index in [2.05, 4.69) is 6.92 Å². The zero-order valence-electron chi connectivity index (χ0n) is 42.0. The number of hydrogen-bond donors (Lipinski definition) is 2. The van der Waals surface area contributed by atoms with Crippen molar-refractivity contribution in [3.63, 3.8) is 0 Å². The molecule has 0 aliphatic carbocycles. The van der Waals surface area contributed by atoms with Crippen LogP contribution in [0.3, 0.4) is 0 Å². The number of phenolic OH excluding ortho intramolecular Hbond substituents is 2. The Bertz CT molecular complexity index is 1820. The molecule has 67 heavy (non-hydrogen) atoms. The summed E-state index contributed by atoms with van der Waals surface area (Å²) >= 11 is 0. The van der Waals surface area contributed by atoms with E-state index in [0.29, 0.717) is 13.2 Å². The SMILES string of the molecule is CCCCCCCCCC[C@H](OCOC)[C@@H]1CC[C@@H]([C@@H]2CC[C@@H](C(CCCCCCCCCCC/C=C(\OS(=O)(=O)c3ccc(C)cc3)c3c(C)c(O)c(OC)c(OC)c3O)OCOC)O2)O1. The lowest BCUT2D eigenvalue weighted by Crippen LogP contribution is -2.35. The Kier molecular flexibility index (Phi) is 26.3. The molecule has 0 aromatic heterocycles. The molecule has 1 unspecified atom stereocenters. The maximum Gasteiger partial charge on any atom is 0.339 e. The fourth-order valence-corrected chi connectivity index (χ4v) is 10.5. The van der Waals surface area contributed by atoms with Gasteiger partial charge in [-0.3, -0.25) is 0 Å². The fraction of sp³-hybridized carbons (Fsp3) is 0.736. The molecule has 2 aromatic rings. The Balaban J connectivity index is 1.17. The van der Waals surface area contributed by atoms with Gasteiger partial charge in [-0.05, 0) is 83.4 Å². The highest BCUT2D eigenvalue weighted by molar-refractivity contribution is 7.87. The standard InChI is InChI=1S/C53H86O13S/c1-8-9-10-11-12-17-20-23-26-42(62-37-58-4)44-33-35-46(64-44)47-36-34-45(65-47)43(63-38-59-5)27-24-21-18-15-13-14-16-19-22-25-28-48(66-67(56,57)41-31-29-39(2)30-32-41)49-40(3)50(54)52(60-6)53(61-7)51(49)55/h28-32,42-47,54-55H,8-27,33-38H2,1-7H3/b48-28-/t42-,43?,44-,45-,46-,47-/m0/s1. The largest absolute Gasteiger partial charge is 0.504 e. The lowest BCUT2D eigenvalue weighted by Gasteiger charge is -2.27. The second-order valence-electron chi connectivity index (χ2n) is 18.5. The number of methoxy groups -OCH3 is 4. The quantitative estimate of drug-likeness (QED) is 0.0219. The van der Waals surface area contributed by atoms with Gasteiger partial charge in [0.15, 0.2) is 17.3 Å². The highest BCUT2D eigenvalue weighted by Crippen LogP contribution is 2.51. The third-order valence-electron chi connectivity index (χ3n) is 13.3. The predicted octanol–water partition coefficient (Wildman–Crippen LogP) is 12.4. The summed E-state index contributed by atoms with van der Waals surface area (Å²) in [6.45, 7) is 6.24. The van der Waals surface area contributed by atoms with Crippen LogP contribution in [0.1, 0.15) is 178 Å². The van der Waals surface area contributed by atoms with Crippen LogP contribution in [-0.4, -0.2) is 97.3 Å². The number of aryl methyl sites for hydroxylation is 1. The number of benzene rings is 2. The number of unbranched alkanes of at least 4 members (excludes halogenated alkanes) is 16. The Hall–Kier alpha value is -3.11. The van der Waals surface area contributed by atoms with Crippen molar-refractivity contribution >= 4 is 15.9 Å². The number of aromatic hydroxyl groups is 2. The fourth-order valence-electron chi connectivity index (χ4n) is 9.50. The van der Waals surface area contributed by atoms with Gasteiger partial charge in [0.2, 0.25) is 11.5 Å². The third kappa shape index (κ3) is 18.3. The van der Waals surface area contributed by atoms with Gasteiger partial charge in [0.25, 0.3) is 0 Å². The van der Waals surface area contributed by atoms with Crippen LogP contribution in [0, 0.1) is 13.8 Å². The van der Waals surface area contributed by atoms with Crippen LogP contribution in [0.2, 0.25) is 0 Å². The molecule has 0 spiro atoms. The van der Waals surface area contributed by atoms with Crippen LogP contribution < -0.4 is 9.47 Å². The highest BCUT2D eigenvalue weighted by Gasteiger charge is 2.42. The molecule has 14 heteroatoms. The summed E-state index contributed by atoms with van der Waals surface area (Å²) in [6, 6.07) is 6.34. The molecule has 2 aromatic carbocycles. The second kappa shape index (κ2) is 31.2. The molecule has 0 saturated carbocycles. The van der Waals surface area contributed by atoms with Gasteiger partial charge in [0.05, 0.1) is 56.4 Å². The maximum absolute atomic E-state index is 13.4. The molecular weight excluding hydrogens is 877 g/mol. The van der Waals surface area contributed by atoms with Gasteiger partial charge in [0.1, 0.15) is 18.5 Å². The number of rotatable bonds is 36. The second-order valence-corrected chi connectivity index (χ2v) is 20.1. The van der Waals surface area contributed by atoms with Gasteiger partial charge in [-0.15, -0.1) is 0 Å². The van der Waals surface area contributed by atoms with Gasteiger partial charge in [0, 0.05) is 19.8 Å². The van der Waals surface area contributed by atoms with Gasteiger partial charge in [-0.1, -0.05) is 127 Å². The van der Waals surface area contributed by atoms with E-state index in [4.69, 9.17) is 42.1 Å². The minimum atomic E-state index is -4.27. The number of allylic oxidation sites excluding steroid dienone is 1. The first kappa shape index (κ1) is 56.5. The summed E-state index contributed by atoms with van der Waals surface area (Å²) < 4.78 is 79.5. The van der Waals surface area contributed by atoms with E-state index in [9.17, 15) is 18.6 Å². The Labute approximate surface area is 403 Å². The monoisotopic (exact) mass is 963 g/mol. The third-order valence-corrected chi connectivity index (χ3v) is 14.6. The summed E-state index contributed by atoms with van der Waals surface area (Å²) in [4.78, 5) is -0.0207. The van der Waals surface area contributed by atoms with Crippen LogP contribution in [0.15, 0.2) is 35.2 Å². The topological polar surface area (TPSA) is 158 Å². The molecule has 4 rings (SSSR count). The zero-order valence-corrected chi connectivity index (χ0v) is 42.8. The van der Waals surface area contributed by atoms with Crippen molar-refractivity contribution in [3.05, 3.63) is 47.0 Å². The maximum atomic E-state index is 13.4. The molecule has 2 saturated heterocycles. The number of ether oxygens (including phenoxy) is 8. The first-order valence-corrected chi connectivity index (χ1v) is 26.8. The number of hydrogen-bond acceptors (Lipinski definition) is 13. The van der Waals surface area contributed by atoms with Crippen LogP contribution in [0.5, 0.6) is 23.0 Å². The molecule has 0 radical (unpaired) electrons. The van der Waals surface area contributed by atoms with Crippen LogP contribution >= 0.6 is 0 Å². The van der Waals surface area contributed by atoms with E-state index in [-0.39, 0.29) is 88.2 Å². The minimum absolute atomic E-state index is 0.00472. The molecule has 2 fully saturated rings. The van der Waals surface area contributed by atoms with Crippen molar-refractivity contribution < 1.29 is 60.7 Å². The minimum Gasteiger partial charge on any atom is -0.504 e. The first-order chi connectivity index (χ1) is 32.5. The van der Waals surface area contributed by atoms with E-state index in [0.717, 1.165) is 108 Å². The Morgan fingerprint density at radius 1 is 0.642 bits per heavy atom. The smallest absolute Gasteiger partial charge is 0.339 e. The summed E-state index contributed by atoms with van der Waals surface area (Å²) in [5.41, 5.74) is 1.13. The molecule has 0 amide bonds. The number of phenols is 2. The van der Waals surface area contributed by atoms with E-state index < -0.39 is 10.1 Å². The zero-order chi connectivity index (χ0) is 48.4. The summed E-state index contributed by atoms with van der Waals surface area (Å²) in [7, 11) is 1.76. The molecule has 382 valence electrons. The van der Waals surface area contributed by atoms with Crippen molar-refractivity contribution in [2.45, 2.75) is 216 Å². The molecule has 0 bridgehead atoms. The summed E-state index contributed by atoms with van der Waals surface area (Å²) in [5, 5.41) is 22.2. The van der Waals surface area contributed by atoms with Crippen molar-refractivity contribution in [1.82, 2.24) is 0 Å². The summed E-state index contributed by atoms with van der Waals surface area (Å²) in [5.74, 6) is -0.925. The molecular formula is C53H86O13S. The van der Waals surface area contributed by atoms with E-state index in [1.54, 1.807) is 39.4 Å². The molecule has 2 aliphatic heterocycles. The molecule has 2 heterocycles. The molecule has 13 nitrogen and oxygen atoms in total. The highest BCUT2D eigenvalue weighted by atomic mass is 32.2. The summed E-state index contributed by atoms with van der Waals surface area (Å²) in [6.07, 6.45) is 28.3. The van der Waals surface area contributed by atoms with Crippen LogP contribution in [-0.2, 0) is 42.7 Å². The average molecular weight is 963 g/mol. The first-order valence-electron chi connectivity index (χ1n) is 25.4. The normalized spacial score (nSPS) is 19.8. The van der Waals surface area contributed by atoms with Gasteiger partial charge in [-0.25, -0.2) is 0 Å². The average Bonchev–Trinajstić information content (AvgIpc) is 4.02. The van der Waals surface area contributed by atoms with E-state index in [1.807, 2.05) is 6.92 Å². The lowest BCUT2D eigenvalue weighted by molar-refractivity contribution is -0.158. The van der Waals surface area contributed by atoms with E-state index in [1.165, 1.54) is 71.3 Å². The van der Waals surface area contributed by atoms with Crippen LogP contribution in [0.4, 0.5) is 0 Å². The lowest BCUT2D eigenvalue weighted by atomic mass is 10.00. The van der Waals surface area contributed by atoms with Crippen molar-refractivity contribution in [2.24, 2.45) is 0 Å². The van der Waals surface area contributed by atoms with Gasteiger partial charge >= 0.3 is 10.1 Å². The van der Waals surface area contributed by atoms with Gasteiger partial charge in [-0.2, -0.15) is 8.42 Å². The van der Waals surface area contributed by atoms with Crippen molar-refractivity contribution in [2.75, 3.05) is 42.0 Å². The van der Waals surface area contributed by atoms with Crippen molar-refractivity contribution in [1.29, 1.82) is 0 Å². The Morgan fingerprint density at radius 3 is 1.55 bits per heavy atom. The Morgan fingerprint density at radius 2 is 1.09 bits per heavy atom. The van der Waals surface area contributed by atoms with Crippen LogP contribution in [0.25, 0.3) is 5.76 Å². The molecule has 2 N–H and O–H groups in total. The van der Waals surface area contributed by atoms with E-state index >= 15 is 0 Å². The predicted molar refractivity (Wildman–Crippen MR) is 262 cm³/mol. The van der Waals surface area contributed by atoms with Crippen molar-refractivity contribution in [3.8, 4) is 23.0 Å². The van der Waals surface area contributed by atoms with Gasteiger partial charge < -0.3 is 52.3 Å².